The van der Waals surface area contributed by atoms with Crippen molar-refractivity contribution in [2.75, 3.05) is 7.11 Å². The molecule has 1 amide bonds. The van der Waals surface area contributed by atoms with Gasteiger partial charge in [0.25, 0.3) is 5.91 Å². The summed E-state index contributed by atoms with van der Waals surface area (Å²) in [6, 6.07) is 5.17. The first-order chi connectivity index (χ1) is 16.7. The summed E-state index contributed by atoms with van der Waals surface area (Å²) in [4.78, 5) is 41.8. The first kappa shape index (κ1) is 26.1. The second kappa shape index (κ2) is 11.8. The van der Waals surface area contributed by atoms with Gasteiger partial charge in [-0.1, -0.05) is 19.9 Å². The van der Waals surface area contributed by atoms with Crippen molar-refractivity contribution in [2.24, 2.45) is 0 Å². The minimum Gasteiger partial charge on any atom is -0.493 e. The van der Waals surface area contributed by atoms with E-state index in [2.05, 4.69) is 10.3 Å². The smallest absolute Gasteiger partial charge is 0.328 e. The SMILES string of the molecule is CCCC(=O)Oc1c(OC)ccnc1C(=O)N[C@@H](C)C(=O)OC1CCCc2cc(F)ccc2C1C. The van der Waals surface area contributed by atoms with Gasteiger partial charge >= 0.3 is 11.9 Å². The monoisotopic (exact) mass is 486 g/mol. The van der Waals surface area contributed by atoms with Gasteiger partial charge in [-0.05, 0) is 55.9 Å². The highest BCUT2D eigenvalue weighted by molar-refractivity contribution is 5.98. The van der Waals surface area contributed by atoms with Crippen LogP contribution in [-0.4, -0.2) is 42.1 Å². The summed E-state index contributed by atoms with van der Waals surface area (Å²) in [6.07, 6.45) is 3.76. The van der Waals surface area contributed by atoms with Crippen LogP contribution in [0.2, 0.25) is 0 Å². The van der Waals surface area contributed by atoms with Crippen LogP contribution in [0.3, 0.4) is 0 Å². The van der Waals surface area contributed by atoms with Crippen LogP contribution >= 0.6 is 0 Å². The predicted molar refractivity (Wildman–Crippen MR) is 126 cm³/mol. The van der Waals surface area contributed by atoms with Crippen molar-refractivity contribution in [1.29, 1.82) is 0 Å². The van der Waals surface area contributed by atoms with E-state index in [9.17, 15) is 18.8 Å². The van der Waals surface area contributed by atoms with Crippen LogP contribution in [-0.2, 0) is 20.7 Å². The van der Waals surface area contributed by atoms with Crippen LogP contribution in [0.15, 0.2) is 30.5 Å². The number of rotatable bonds is 8. The Hall–Kier alpha value is -3.49. The van der Waals surface area contributed by atoms with Crippen molar-refractivity contribution in [1.82, 2.24) is 10.3 Å². The molecular weight excluding hydrogens is 455 g/mol. The molecule has 0 aliphatic heterocycles. The molecule has 1 N–H and O–H groups in total. The number of carbonyl (C=O) groups is 3. The number of carbonyl (C=O) groups excluding carboxylic acids is 3. The Kier molecular flexibility index (Phi) is 8.78. The zero-order valence-electron chi connectivity index (χ0n) is 20.4. The molecule has 0 bridgehead atoms. The van der Waals surface area contributed by atoms with Crippen LogP contribution in [0.4, 0.5) is 4.39 Å². The Morgan fingerprint density at radius 2 is 2.03 bits per heavy atom. The Morgan fingerprint density at radius 1 is 1.26 bits per heavy atom. The van der Waals surface area contributed by atoms with Crippen LogP contribution in [0.5, 0.6) is 11.5 Å². The average Bonchev–Trinajstić information content (AvgIpc) is 2.97. The molecule has 0 radical (unpaired) electrons. The van der Waals surface area contributed by atoms with Crippen LogP contribution in [0.25, 0.3) is 0 Å². The molecule has 0 spiro atoms. The standard InChI is InChI=1S/C26H31FN2O6/c1-5-7-22(30)35-24-21(33-4)12-13-28-23(24)25(31)29-16(3)26(32)34-20-9-6-8-17-14-18(27)10-11-19(17)15(20)2/h10-16,20H,5-9H2,1-4H3,(H,29,31)/t15?,16-,20?/m0/s1. The molecular formula is C26H31FN2O6. The van der Waals surface area contributed by atoms with Gasteiger partial charge in [-0.25, -0.2) is 14.2 Å². The fourth-order valence-corrected chi connectivity index (χ4v) is 4.14. The predicted octanol–water partition coefficient (Wildman–Crippen LogP) is 4.10. The number of nitrogens with zero attached hydrogens (tertiary/aromatic N) is 1. The molecule has 2 unspecified atom stereocenters. The van der Waals surface area contributed by atoms with Crippen molar-refractivity contribution in [2.45, 2.75) is 70.9 Å². The molecule has 1 aliphatic carbocycles. The number of aromatic nitrogens is 1. The van der Waals surface area contributed by atoms with E-state index in [-0.39, 0.29) is 35.3 Å². The van der Waals surface area contributed by atoms with Crippen LogP contribution in [0, 0.1) is 5.82 Å². The van der Waals surface area contributed by atoms with Gasteiger partial charge in [0.15, 0.2) is 11.4 Å². The van der Waals surface area contributed by atoms with Gasteiger partial charge < -0.3 is 19.5 Å². The molecule has 1 aliphatic rings. The third-order valence-corrected chi connectivity index (χ3v) is 6.03. The summed E-state index contributed by atoms with van der Waals surface area (Å²) in [5, 5.41) is 2.57. The molecule has 2 aromatic rings. The van der Waals surface area contributed by atoms with E-state index in [0.29, 0.717) is 19.3 Å². The van der Waals surface area contributed by atoms with Crippen molar-refractivity contribution >= 4 is 17.8 Å². The van der Waals surface area contributed by atoms with E-state index >= 15 is 0 Å². The lowest BCUT2D eigenvalue weighted by molar-refractivity contribution is -0.152. The number of pyridine rings is 1. The second-order valence-corrected chi connectivity index (χ2v) is 8.61. The first-order valence-corrected chi connectivity index (χ1v) is 11.8. The summed E-state index contributed by atoms with van der Waals surface area (Å²) >= 11 is 0. The summed E-state index contributed by atoms with van der Waals surface area (Å²) in [5.74, 6) is -2.17. The van der Waals surface area contributed by atoms with Crippen molar-refractivity contribution < 1.29 is 33.0 Å². The van der Waals surface area contributed by atoms with Crippen LogP contribution in [0.1, 0.15) is 74.0 Å². The Bertz CT molecular complexity index is 1090. The summed E-state index contributed by atoms with van der Waals surface area (Å²) in [6.45, 7) is 5.28. The van der Waals surface area contributed by atoms with Crippen molar-refractivity contribution in [3.63, 3.8) is 0 Å². The zero-order valence-corrected chi connectivity index (χ0v) is 20.4. The van der Waals surface area contributed by atoms with E-state index in [1.807, 2.05) is 13.8 Å². The maximum Gasteiger partial charge on any atom is 0.328 e. The average molecular weight is 487 g/mol. The minimum absolute atomic E-state index is 0.104. The fraction of sp³-hybridized carbons (Fsp3) is 0.462. The van der Waals surface area contributed by atoms with Gasteiger partial charge in [0.05, 0.1) is 7.11 Å². The zero-order chi connectivity index (χ0) is 25.5. The molecule has 0 saturated carbocycles. The second-order valence-electron chi connectivity index (χ2n) is 8.61. The maximum atomic E-state index is 13.6. The number of amides is 1. The fourth-order valence-electron chi connectivity index (χ4n) is 4.14. The lowest BCUT2D eigenvalue weighted by atomic mass is 9.92. The van der Waals surface area contributed by atoms with Gasteiger partial charge in [0.1, 0.15) is 18.0 Å². The van der Waals surface area contributed by atoms with Gasteiger partial charge in [0, 0.05) is 24.6 Å². The number of nitrogens with one attached hydrogen (secondary N) is 1. The van der Waals surface area contributed by atoms with Crippen molar-refractivity contribution in [3.05, 3.63) is 53.1 Å². The number of benzene rings is 1. The van der Waals surface area contributed by atoms with Gasteiger partial charge in [0.2, 0.25) is 5.75 Å². The van der Waals surface area contributed by atoms with E-state index < -0.39 is 30.0 Å². The van der Waals surface area contributed by atoms with E-state index in [1.165, 1.54) is 38.4 Å². The summed E-state index contributed by atoms with van der Waals surface area (Å²) in [7, 11) is 1.38. The molecule has 8 nitrogen and oxygen atoms in total. The molecule has 1 aromatic carbocycles. The summed E-state index contributed by atoms with van der Waals surface area (Å²) in [5.41, 5.74) is 1.70. The molecule has 1 aromatic heterocycles. The largest absolute Gasteiger partial charge is 0.493 e. The summed E-state index contributed by atoms with van der Waals surface area (Å²) < 4.78 is 30.0. The maximum absolute atomic E-state index is 13.6. The third-order valence-electron chi connectivity index (χ3n) is 6.03. The molecule has 9 heteroatoms. The van der Waals surface area contributed by atoms with Gasteiger partial charge in [-0.2, -0.15) is 0 Å². The number of halogens is 1. The van der Waals surface area contributed by atoms with E-state index in [4.69, 9.17) is 14.2 Å². The number of methoxy groups -OCH3 is 1. The molecule has 3 rings (SSSR count). The van der Waals surface area contributed by atoms with E-state index in [0.717, 1.165) is 17.5 Å². The number of hydrogen-bond donors (Lipinski definition) is 1. The van der Waals surface area contributed by atoms with Crippen LogP contribution < -0.4 is 14.8 Å². The number of ether oxygens (including phenoxy) is 3. The Balaban J connectivity index is 1.70. The molecule has 188 valence electrons. The quantitative estimate of drug-likeness (QED) is 0.442. The normalized spacial score (nSPS) is 18.0. The number of hydrogen-bond acceptors (Lipinski definition) is 7. The highest BCUT2D eigenvalue weighted by Gasteiger charge is 2.30. The molecule has 0 fully saturated rings. The van der Waals surface area contributed by atoms with E-state index in [1.54, 1.807) is 6.07 Å². The highest BCUT2D eigenvalue weighted by atomic mass is 19.1. The third kappa shape index (κ3) is 6.35. The van der Waals surface area contributed by atoms with Crippen molar-refractivity contribution in [3.8, 4) is 11.5 Å². The Morgan fingerprint density at radius 3 is 2.74 bits per heavy atom. The highest BCUT2D eigenvalue weighted by Crippen LogP contribution is 2.33. The minimum atomic E-state index is -0.988. The number of aryl methyl sites for hydroxylation is 1. The number of esters is 2. The lowest BCUT2D eigenvalue weighted by Crippen LogP contribution is -2.42. The molecule has 3 atom stereocenters. The van der Waals surface area contributed by atoms with Gasteiger partial charge in [-0.3, -0.25) is 9.59 Å². The topological polar surface area (TPSA) is 104 Å². The first-order valence-electron chi connectivity index (χ1n) is 11.8. The molecule has 0 saturated heterocycles. The molecule has 35 heavy (non-hydrogen) atoms. The lowest BCUT2D eigenvalue weighted by Gasteiger charge is -2.25. The molecule has 1 heterocycles. The number of fused-ring (bicyclic) bond motifs is 1. The Labute approximate surface area is 204 Å². The van der Waals surface area contributed by atoms with Gasteiger partial charge in [-0.15, -0.1) is 0 Å².